The Morgan fingerprint density at radius 1 is 0.667 bits per heavy atom. The molecule has 0 amide bonds. The first-order valence-electron chi connectivity index (χ1n) is 7.16. The molecule has 6 nitrogen and oxygen atoms in total. The van der Waals surface area contributed by atoms with Crippen molar-refractivity contribution in [3.05, 3.63) is 0 Å². The van der Waals surface area contributed by atoms with Crippen molar-refractivity contribution in [1.29, 1.82) is 0 Å². The van der Waals surface area contributed by atoms with Gasteiger partial charge in [-0.3, -0.25) is 0 Å². The molecule has 7 heteroatoms. The van der Waals surface area contributed by atoms with Crippen LogP contribution in [0.4, 0.5) is 0 Å². The quantitative estimate of drug-likeness (QED) is 0.474. The van der Waals surface area contributed by atoms with Crippen molar-refractivity contribution in [3.63, 3.8) is 0 Å². The molecule has 4 unspecified atom stereocenters. The summed E-state index contributed by atoms with van der Waals surface area (Å²) in [5.74, 6) is -3.79. The first-order chi connectivity index (χ1) is 9.43. The van der Waals surface area contributed by atoms with Gasteiger partial charge in [-0.1, -0.05) is 38.5 Å². The maximum atomic E-state index is 10.9. The Hall–Kier alpha value is 0.341. The van der Waals surface area contributed by atoms with E-state index >= 15 is 0 Å². The maximum Gasteiger partial charge on any atom is 2.00 e. The summed E-state index contributed by atoms with van der Waals surface area (Å²) in [7, 11) is 0. The SMILES string of the molecule is O=C([O-])C1CCCCC1[O-].O=C([O-])C1CCCCC1[O-].[Sr+2]. The van der Waals surface area contributed by atoms with Gasteiger partial charge in [-0.05, 0) is 24.7 Å². The predicted octanol–water partition coefficient (Wildman–Crippen LogP) is -3.07. The molecule has 0 aromatic carbocycles. The van der Waals surface area contributed by atoms with Gasteiger partial charge in [-0.2, -0.15) is 0 Å². The van der Waals surface area contributed by atoms with Crippen molar-refractivity contribution < 1.29 is 30.0 Å². The molecule has 0 bridgehead atoms. The summed E-state index contributed by atoms with van der Waals surface area (Å²) in [4.78, 5) is 20.5. The summed E-state index contributed by atoms with van der Waals surface area (Å²) in [6.07, 6.45) is 3.65. The molecule has 0 N–H and O–H groups in total. The number of carboxylic acid groups (broad SMARTS) is 2. The fourth-order valence-electron chi connectivity index (χ4n) is 2.73. The van der Waals surface area contributed by atoms with Gasteiger partial charge in [-0.15, -0.1) is 12.2 Å². The van der Waals surface area contributed by atoms with Crippen LogP contribution in [-0.4, -0.2) is 69.6 Å². The van der Waals surface area contributed by atoms with E-state index in [4.69, 9.17) is 0 Å². The number of rotatable bonds is 2. The Bertz CT molecular complexity index is 303. The average molecular weight is 372 g/mol. The van der Waals surface area contributed by atoms with Gasteiger partial charge < -0.3 is 30.0 Å². The zero-order valence-corrected chi connectivity index (χ0v) is 15.6. The minimum absolute atomic E-state index is 0. The van der Waals surface area contributed by atoms with E-state index in [0.717, 1.165) is 25.7 Å². The monoisotopic (exact) mass is 372 g/mol. The van der Waals surface area contributed by atoms with E-state index in [1.54, 1.807) is 0 Å². The molecule has 116 valence electrons. The summed E-state index contributed by atoms with van der Waals surface area (Å²) in [6, 6.07) is 0. The van der Waals surface area contributed by atoms with Gasteiger partial charge in [0.1, 0.15) is 0 Å². The predicted molar refractivity (Wildman–Crippen MR) is 67.3 cm³/mol. The van der Waals surface area contributed by atoms with E-state index < -0.39 is 36.0 Å². The van der Waals surface area contributed by atoms with Crippen molar-refractivity contribution in [2.24, 2.45) is 11.8 Å². The minimum Gasteiger partial charge on any atom is -0.851 e. The zero-order valence-electron chi connectivity index (χ0n) is 12.1. The van der Waals surface area contributed by atoms with Gasteiger partial charge in [0.05, 0.1) is 0 Å². The normalized spacial score (nSPS) is 32.1. The largest absolute Gasteiger partial charge is 2.00 e. The summed E-state index contributed by atoms with van der Waals surface area (Å²) < 4.78 is 0. The van der Waals surface area contributed by atoms with Gasteiger partial charge in [0.15, 0.2) is 0 Å². The molecule has 0 aromatic rings. The van der Waals surface area contributed by atoms with Crippen LogP contribution in [-0.2, 0) is 9.59 Å². The first-order valence-corrected chi connectivity index (χ1v) is 7.16. The second kappa shape index (κ2) is 11.0. The molecule has 0 radical (unpaired) electrons. The maximum absolute atomic E-state index is 10.9. The Morgan fingerprint density at radius 2 is 0.952 bits per heavy atom. The number of hydrogen-bond donors (Lipinski definition) is 0. The fourth-order valence-corrected chi connectivity index (χ4v) is 2.73. The molecule has 21 heavy (non-hydrogen) atoms. The Labute approximate surface area is 161 Å². The number of aliphatic carboxylic acids is 2. The van der Waals surface area contributed by atoms with E-state index in [1.165, 1.54) is 0 Å². The van der Waals surface area contributed by atoms with Crippen LogP contribution in [0.1, 0.15) is 51.4 Å². The van der Waals surface area contributed by atoms with E-state index in [9.17, 15) is 30.0 Å². The summed E-state index contributed by atoms with van der Waals surface area (Å²) in [5, 5.41) is 42.3. The Morgan fingerprint density at radius 3 is 1.14 bits per heavy atom. The summed E-state index contributed by atoms with van der Waals surface area (Å²) in [5.41, 5.74) is 0. The van der Waals surface area contributed by atoms with Crippen LogP contribution in [0.2, 0.25) is 0 Å². The average Bonchev–Trinajstić information content (AvgIpc) is 2.40. The number of carboxylic acids is 2. The van der Waals surface area contributed by atoms with Crippen molar-refractivity contribution in [2.45, 2.75) is 63.6 Å². The zero-order chi connectivity index (χ0) is 15.1. The van der Waals surface area contributed by atoms with Gasteiger partial charge in [-0.25, -0.2) is 0 Å². The Balaban J connectivity index is 0.000000364. The smallest absolute Gasteiger partial charge is 0.851 e. The van der Waals surface area contributed by atoms with E-state index in [2.05, 4.69) is 0 Å². The number of carbonyl (C=O) groups is 2. The van der Waals surface area contributed by atoms with E-state index in [-0.39, 0.29) is 45.5 Å². The van der Waals surface area contributed by atoms with Gasteiger partial charge in [0.25, 0.3) is 0 Å². The van der Waals surface area contributed by atoms with Crippen LogP contribution in [0.15, 0.2) is 0 Å². The second-order valence-electron chi connectivity index (χ2n) is 5.50. The molecule has 0 heterocycles. The molecule has 0 aromatic heterocycles. The topological polar surface area (TPSA) is 126 Å². The molecule has 2 aliphatic rings. The standard InChI is InChI=1S/2C7H11O3.Sr/c2*8-6-4-2-1-3-5(6)7(9)10;/h2*5-6H,1-4H2,(H,9,10);/q2*-1;+2/p-2. The van der Waals surface area contributed by atoms with Crippen molar-refractivity contribution in [3.8, 4) is 0 Å². The van der Waals surface area contributed by atoms with Crippen LogP contribution in [0.5, 0.6) is 0 Å². The molecule has 2 fully saturated rings. The first kappa shape index (κ1) is 21.3. The van der Waals surface area contributed by atoms with Gasteiger partial charge in [0, 0.05) is 11.9 Å². The molecule has 4 atom stereocenters. The second-order valence-corrected chi connectivity index (χ2v) is 5.50. The van der Waals surface area contributed by atoms with Gasteiger partial charge in [0.2, 0.25) is 0 Å². The molecule has 0 saturated heterocycles. The fraction of sp³-hybridized carbons (Fsp3) is 0.857. The van der Waals surface area contributed by atoms with Crippen LogP contribution in [0, 0.1) is 11.8 Å². The molecule has 2 saturated carbocycles. The molecule has 2 rings (SSSR count). The van der Waals surface area contributed by atoms with Crippen molar-refractivity contribution in [1.82, 2.24) is 0 Å². The molecule has 0 aliphatic heterocycles. The molecular formula is C14H20O6Sr-2. The third-order valence-corrected chi connectivity index (χ3v) is 4.01. The van der Waals surface area contributed by atoms with Gasteiger partial charge >= 0.3 is 45.5 Å². The molecule has 2 aliphatic carbocycles. The number of hydrogen-bond acceptors (Lipinski definition) is 6. The molecule has 0 spiro atoms. The molecular weight excluding hydrogens is 352 g/mol. The number of carbonyl (C=O) groups excluding carboxylic acids is 2. The van der Waals surface area contributed by atoms with E-state index in [1.807, 2.05) is 0 Å². The minimum atomic E-state index is -1.17. The third-order valence-electron chi connectivity index (χ3n) is 4.01. The summed E-state index contributed by atoms with van der Waals surface area (Å²) in [6.45, 7) is 0. The van der Waals surface area contributed by atoms with Crippen LogP contribution in [0.3, 0.4) is 0 Å². The van der Waals surface area contributed by atoms with E-state index in [0.29, 0.717) is 25.7 Å². The van der Waals surface area contributed by atoms with Crippen molar-refractivity contribution in [2.75, 3.05) is 0 Å². The third kappa shape index (κ3) is 7.43. The Kier molecular flexibility index (Phi) is 11.1. The van der Waals surface area contributed by atoms with Crippen LogP contribution >= 0.6 is 0 Å². The van der Waals surface area contributed by atoms with Crippen LogP contribution in [0.25, 0.3) is 0 Å². The summed E-state index contributed by atoms with van der Waals surface area (Å²) >= 11 is 0. The van der Waals surface area contributed by atoms with Crippen LogP contribution < -0.4 is 20.4 Å². The van der Waals surface area contributed by atoms with Crippen molar-refractivity contribution >= 4 is 57.4 Å².